The van der Waals surface area contributed by atoms with Crippen molar-refractivity contribution in [1.82, 2.24) is 0 Å². The fourth-order valence-corrected chi connectivity index (χ4v) is 1.59. The van der Waals surface area contributed by atoms with Crippen LogP contribution < -0.4 is 5.73 Å². The van der Waals surface area contributed by atoms with Gasteiger partial charge in [-0.25, -0.2) is 0 Å². The summed E-state index contributed by atoms with van der Waals surface area (Å²) in [6, 6.07) is 0. The molecule has 0 aromatic rings. The summed E-state index contributed by atoms with van der Waals surface area (Å²) < 4.78 is 0. The van der Waals surface area contributed by atoms with Crippen LogP contribution in [0.15, 0.2) is 23.9 Å². The molecule has 3 N–H and O–H groups in total. The van der Waals surface area contributed by atoms with Gasteiger partial charge in [-0.2, -0.15) is 0 Å². The third-order valence-electron chi connectivity index (χ3n) is 2.37. The van der Waals surface area contributed by atoms with E-state index in [4.69, 9.17) is 11.1 Å². The van der Waals surface area contributed by atoms with E-state index in [1.54, 1.807) is 6.08 Å². The Morgan fingerprint density at radius 2 is 2.38 bits per heavy atom. The highest BCUT2D eigenvalue weighted by Crippen LogP contribution is 2.26. The summed E-state index contributed by atoms with van der Waals surface area (Å²) in [6.07, 6.45) is 4.94. The fourth-order valence-electron chi connectivity index (χ4n) is 1.59. The fraction of sp³-hybridized carbons (Fsp3) is 0.400. The van der Waals surface area contributed by atoms with Crippen molar-refractivity contribution in [3.8, 4) is 0 Å². The SMILES string of the molecule is C=CCC1CCC(=O)C(C=N)=C1N. The lowest BCUT2D eigenvalue weighted by Gasteiger charge is -2.22. The zero-order valence-corrected chi connectivity index (χ0v) is 7.55. The van der Waals surface area contributed by atoms with Gasteiger partial charge in [0.25, 0.3) is 0 Å². The topological polar surface area (TPSA) is 66.9 Å². The number of ketones is 1. The van der Waals surface area contributed by atoms with E-state index in [1.807, 2.05) is 0 Å². The molecule has 70 valence electrons. The summed E-state index contributed by atoms with van der Waals surface area (Å²) in [5, 5.41) is 7.07. The molecule has 1 unspecified atom stereocenters. The van der Waals surface area contributed by atoms with E-state index in [-0.39, 0.29) is 11.7 Å². The summed E-state index contributed by atoms with van der Waals surface area (Å²) in [7, 11) is 0. The third-order valence-corrected chi connectivity index (χ3v) is 2.37. The molecule has 0 bridgehead atoms. The minimum atomic E-state index is -0.00666. The molecule has 0 amide bonds. The Kier molecular flexibility index (Phi) is 3.01. The van der Waals surface area contributed by atoms with Crippen molar-refractivity contribution in [2.24, 2.45) is 11.7 Å². The lowest BCUT2D eigenvalue weighted by atomic mass is 9.85. The quantitative estimate of drug-likeness (QED) is 0.506. The normalized spacial score (nSPS) is 23.1. The highest BCUT2D eigenvalue weighted by atomic mass is 16.1. The lowest BCUT2D eigenvalue weighted by molar-refractivity contribution is -0.115. The standard InChI is InChI=1S/C10H14N2O/c1-2-3-7-4-5-9(13)8(6-11)10(7)12/h2,6-7,11H,1,3-5,12H2. The summed E-state index contributed by atoms with van der Waals surface area (Å²) in [5.74, 6) is 0.194. The van der Waals surface area contributed by atoms with Gasteiger partial charge in [0, 0.05) is 24.3 Å². The molecule has 0 spiro atoms. The number of allylic oxidation sites excluding steroid dienone is 3. The minimum Gasteiger partial charge on any atom is -0.401 e. The number of carbonyl (C=O) groups is 1. The molecule has 0 heterocycles. The first kappa shape index (κ1) is 9.71. The van der Waals surface area contributed by atoms with Gasteiger partial charge < -0.3 is 11.1 Å². The van der Waals surface area contributed by atoms with Crippen LogP contribution in [0.25, 0.3) is 0 Å². The molecule has 13 heavy (non-hydrogen) atoms. The van der Waals surface area contributed by atoms with Crippen LogP contribution in [-0.4, -0.2) is 12.0 Å². The first-order valence-electron chi connectivity index (χ1n) is 4.35. The van der Waals surface area contributed by atoms with E-state index in [9.17, 15) is 4.79 Å². The Bertz CT molecular complexity index is 279. The van der Waals surface area contributed by atoms with Crippen LogP contribution in [-0.2, 0) is 4.79 Å². The summed E-state index contributed by atoms with van der Waals surface area (Å²) in [5.41, 5.74) is 6.72. The van der Waals surface area contributed by atoms with Gasteiger partial charge in [0.15, 0.2) is 5.78 Å². The molecule has 0 aliphatic heterocycles. The van der Waals surface area contributed by atoms with E-state index < -0.39 is 0 Å². The second kappa shape index (κ2) is 4.03. The van der Waals surface area contributed by atoms with Crippen molar-refractivity contribution >= 4 is 12.0 Å². The van der Waals surface area contributed by atoms with Crippen LogP contribution in [0.5, 0.6) is 0 Å². The molecule has 0 aromatic carbocycles. The maximum atomic E-state index is 11.3. The zero-order valence-electron chi connectivity index (χ0n) is 7.55. The van der Waals surface area contributed by atoms with Crippen molar-refractivity contribution in [3.05, 3.63) is 23.9 Å². The monoisotopic (exact) mass is 178 g/mol. The number of Topliss-reactive ketones (excluding diaryl/α,β-unsaturated/α-hetero) is 1. The Balaban J connectivity index is 2.94. The van der Waals surface area contributed by atoms with Crippen molar-refractivity contribution in [2.45, 2.75) is 19.3 Å². The molecule has 0 aromatic heterocycles. The summed E-state index contributed by atoms with van der Waals surface area (Å²) in [4.78, 5) is 11.3. The van der Waals surface area contributed by atoms with E-state index in [0.717, 1.165) is 19.1 Å². The van der Waals surface area contributed by atoms with Gasteiger partial charge in [-0.05, 0) is 12.8 Å². The number of hydrogen-bond donors (Lipinski definition) is 2. The molecular weight excluding hydrogens is 164 g/mol. The Hall–Kier alpha value is -1.38. The Morgan fingerprint density at radius 3 is 2.92 bits per heavy atom. The van der Waals surface area contributed by atoms with Crippen LogP contribution in [0.4, 0.5) is 0 Å². The molecule has 1 aliphatic rings. The first-order valence-corrected chi connectivity index (χ1v) is 4.35. The lowest BCUT2D eigenvalue weighted by Crippen LogP contribution is -2.24. The number of nitrogens with two attached hydrogens (primary N) is 1. The van der Waals surface area contributed by atoms with Gasteiger partial charge in [0.05, 0.1) is 5.57 Å². The second-order valence-corrected chi connectivity index (χ2v) is 3.20. The molecule has 3 heteroatoms. The van der Waals surface area contributed by atoms with Gasteiger partial charge in [-0.15, -0.1) is 6.58 Å². The maximum absolute atomic E-state index is 11.3. The van der Waals surface area contributed by atoms with Crippen molar-refractivity contribution < 1.29 is 4.79 Å². The van der Waals surface area contributed by atoms with Crippen LogP contribution in [0.3, 0.4) is 0 Å². The predicted octanol–water partition coefficient (Wildman–Crippen LogP) is 1.40. The molecule has 0 saturated heterocycles. The molecule has 1 aliphatic carbocycles. The second-order valence-electron chi connectivity index (χ2n) is 3.20. The van der Waals surface area contributed by atoms with Crippen LogP contribution in [0.1, 0.15) is 19.3 Å². The minimum absolute atomic E-state index is 0.00666. The molecule has 0 fully saturated rings. The van der Waals surface area contributed by atoms with Crippen molar-refractivity contribution in [2.75, 3.05) is 0 Å². The molecular formula is C10H14N2O. The summed E-state index contributed by atoms with van der Waals surface area (Å²) >= 11 is 0. The average molecular weight is 178 g/mol. The maximum Gasteiger partial charge on any atom is 0.166 e. The molecule has 3 nitrogen and oxygen atoms in total. The van der Waals surface area contributed by atoms with Gasteiger partial charge in [0.1, 0.15) is 0 Å². The number of rotatable bonds is 3. The molecule has 1 rings (SSSR count). The highest BCUT2D eigenvalue weighted by molar-refractivity contribution is 6.13. The van der Waals surface area contributed by atoms with Crippen molar-refractivity contribution in [3.63, 3.8) is 0 Å². The summed E-state index contributed by atoms with van der Waals surface area (Å²) in [6.45, 7) is 3.64. The van der Waals surface area contributed by atoms with Crippen LogP contribution in [0, 0.1) is 11.3 Å². The van der Waals surface area contributed by atoms with Crippen LogP contribution >= 0.6 is 0 Å². The van der Waals surface area contributed by atoms with Gasteiger partial charge in [-0.1, -0.05) is 6.08 Å². The number of nitrogens with one attached hydrogen (secondary N) is 1. The van der Waals surface area contributed by atoms with Gasteiger partial charge in [0.2, 0.25) is 0 Å². The number of carbonyl (C=O) groups excluding carboxylic acids is 1. The van der Waals surface area contributed by atoms with E-state index >= 15 is 0 Å². The average Bonchev–Trinajstić information content (AvgIpc) is 2.11. The highest BCUT2D eigenvalue weighted by Gasteiger charge is 2.24. The van der Waals surface area contributed by atoms with E-state index in [1.165, 1.54) is 0 Å². The Labute approximate surface area is 77.8 Å². The molecule has 0 saturated carbocycles. The van der Waals surface area contributed by atoms with E-state index in [2.05, 4.69) is 6.58 Å². The van der Waals surface area contributed by atoms with Gasteiger partial charge >= 0.3 is 0 Å². The molecule has 1 atom stereocenters. The zero-order chi connectivity index (χ0) is 9.84. The van der Waals surface area contributed by atoms with Crippen LogP contribution in [0.2, 0.25) is 0 Å². The largest absolute Gasteiger partial charge is 0.401 e. The van der Waals surface area contributed by atoms with Gasteiger partial charge in [-0.3, -0.25) is 4.79 Å². The smallest absolute Gasteiger partial charge is 0.166 e. The predicted molar refractivity (Wildman–Crippen MR) is 52.5 cm³/mol. The molecule has 0 radical (unpaired) electrons. The third kappa shape index (κ3) is 1.86. The van der Waals surface area contributed by atoms with Crippen molar-refractivity contribution in [1.29, 1.82) is 5.41 Å². The van der Waals surface area contributed by atoms with E-state index in [0.29, 0.717) is 17.7 Å². The first-order chi connectivity index (χ1) is 6.20. The number of hydrogen-bond acceptors (Lipinski definition) is 3. The Morgan fingerprint density at radius 1 is 1.69 bits per heavy atom.